The standard InChI is InChI=1S/C15H14BrNO4/c1-4-5-20-14-12(16)7-10(8-13(14)19-3)6-11-9(2)17-21-15(11)18/h4,6-8,17H,1-2,5H2,3H3/b11-6+. The van der Waals surface area contributed by atoms with E-state index >= 15 is 0 Å². The van der Waals surface area contributed by atoms with E-state index in [0.717, 1.165) is 5.56 Å². The Morgan fingerprint density at radius 2 is 2.24 bits per heavy atom. The number of aromatic amines is 1. The van der Waals surface area contributed by atoms with E-state index in [1.165, 1.54) is 0 Å². The van der Waals surface area contributed by atoms with Crippen molar-refractivity contribution in [3.05, 3.63) is 55.8 Å². The molecule has 2 rings (SSSR count). The zero-order chi connectivity index (χ0) is 15.4. The molecule has 6 heteroatoms. The monoisotopic (exact) mass is 351 g/mol. The van der Waals surface area contributed by atoms with Crippen molar-refractivity contribution >= 4 is 28.6 Å². The quantitative estimate of drug-likeness (QED) is 0.830. The van der Waals surface area contributed by atoms with Crippen LogP contribution >= 0.6 is 15.9 Å². The summed E-state index contributed by atoms with van der Waals surface area (Å²) in [5, 5.41) is 3.21. The number of hydrogen-bond donors (Lipinski definition) is 1. The highest BCUT2D eigenvalue weighted by Gasteiger charge is 2.11. The van der Waals surface area contributed by atoms with Gasteiger partial charge in [0, 0.05) is 0 Å². The largest absolute Gasteiger partial charge is 0.493 e. The summed E-state index contributed by atoms with van der Waals surface area (Å²) in [7, 11) is 1.55. The molecule has 0 radical (unpaired) electrons. The van der Waals surface area contributed by atoms with E-state index in [0.29, 0.717) is 33.1 Å². The molecule has 1 N–H and O–H groups in total. The lowest BCUT2D eigenvalue weighted by molar-refractivity contribution is 0.324. The Morgan fingerprint density at radius 1 is 1.48 bits per heavy atom. The molecule has 5 nitrogen and oxygen atoms in total. The predicted molar refractivity (Wildman–Crippen MR) is 84.1 cm³/mol. The summed E-state index contributed by atoms with van der Waals surface area (Å²) in [4.78, 5) is 11.5. The molecule has 110 valence electrons. The van der Waals surface area contributed by atoms with Crippen molar-refractivity contribution in [3.8, 4) is 11.5 Å². The Bertz CT molecular complexity index is 789. The van der Waals surface area contributed by atoms with Gasteiger partial charge in [0.05, 0.1) is 22.2 Å². The fourth-order valence-corrected chi connectivity index (χ4v) is 2.33. The van der Waals surface area contributed by atoms with Crippen LogP contribution in [0.2, 0.25) is 0 Å². The lowest BCUT2D eigenvalue weighted by Gasteiger charge is -2.12. The van der Waals surface area contributed by atoms with Crippen molar-refractivity contribution in [3.63, 3.8) is 0 Å². The second-order valence-electron chi connectivity index (χ2n) is 4.16. The van der Waals surface area contributed by atoms with E-state index in [2.05, 4.69) is 38.8 Å². The first-order valence-electron chi connectivity index (χ1n) is 6.06. The molecule has 1 heterocycles. The summed E-state index contributed by atoms with van der Waals surface area (Å²) in [6.45, 7) is 7.67. The maximum atomic E-state index is 11.5. The fraction of sp³-hybridized carbons (Fsp3) is 0.133. The molecule has 1 aromatic heterocycles. The second-order valence-corrected chi connectivity index (χ2v) is 5.02. The molecule has 0 saturated heterocycles. The topological polar surface area (TPSA) is 64.5 Å². The normalized spacial score (nSPS) is 11.4. The number of ether oxygens (including phenoxy) is 2. The van der Waals surface area contributed by atoms with Crippen LogP contribution in [0.4, 0.5) is 0 Å². The molecule has 1 aromatic carbocycles. The molecule has 0 atom stereocenters. The van der Waals surface area contributed by atoms with Gasteiger partial charge in [-0.15, -0.1) is 0 Å². The fourth-order valence-electron chi connectivity index (χ4n) is 1.76. The minimum atomic E-state index is -0.470. The summed E-state index contributed by atoms with van der Waals surface area (Å²) in [5.41, 5.74) is 0.281. The first-order valence-corrected chi connectivity index (χ1v) is 6.85. The van der Waals surface area contributed by atoms with Crippen molar-refractivity contribution < 1.29 is 14.0 Å². The van der Waals surface area contributed by atoms with Crippen molar-refractivity contribution in [2.75, 3.05) is 13.7 Å². The summed E-state index contributed by atoms with van der Waals surface area (Å²) in [6.07, 6.45) is 3.31. The summed E-state index contributed by atoms with van der Waals surface area (Å²) in [5.74, 6) is 1.12. The molecule has 0 unspecified atom stereocenters. The SMILES string of the molecule is C=CCOc1c(Br)cc(/C=c2\c(=C)[nH]oc2=O)cc1OC. The van der Waals surface area contributed by atoms with Crippen molar-refractivity contribution in [2.24, 2.45) is 0 Å². The Morgan fingerprint density at radius 3 is 2.81 bits per heavy atom. The molecule has 0 fully saturated rings. The Balaban J connectivity index is 2.55. The third kappa shape index (κ3) is 3.28. The van der Waals surface area contributed by atoms with E-state index in [1.807, 2.05) is 6.07 Å². The highest BCUT2D eigenvalue weighted by Crippen LogP contribution is 2.36. The van der Waals surface area contributed by atoms with Crippen LogP contribution < -0.4 is 25.7 Å². The lowest BCUT2D eigenvalue weighted by atomic mass is 10.1. The molecule has 21 heavy (non-hydrogen) atoms. The van der Waals surface area contributed by atoms with Crippen LogP contribution in [0.25, 0.3) is 12.7 Å². The van der Waals surface area contributed by atoms with Crippen molar-refractivity contribution in [1.82, 2.24) is 5.16 Å². The number of aromatic nitrogens is 1. The van der Waals surface area contributed by atoms with Gasteiger partial charge in [0.25, 0.3) is 0 Å². The number of hydrogen-bond acceptors (Lipinski definition) is 4. The number of nitrogens with one attached hydrogen (secondary N) is 1. The highest BCUT2D eigenvalue weighted by molar-refractivity contribution is 9.10. The maximum absolute atomic E-state index is 11.5. The molecule has 0 aliphatic rings. The smallest absolute Gasteiger partial charge is 0.365 e. The van der Waals surface area contributed by atoms with Gasteiger partial charge in [-0.1, -0.05) is 19.2 Å². The molecular formula is C15H14BrNO4. The number of methoxy groups -OCH3 is 1. The first-order chi connectivity index (χ1) is 10.1. The van der Waals surface area contributed by atoms with Gasteiger partial charge in [-0.05, 0) is 39.7 Å². The third-order valence-electron chi connectivity index (χ3n) is 2.72. The van der Waals surface area contributed by atoms with Crippen LogP contribution in [-0.4, -0.2) is 18.9 Å². The van der Waals surface area contributed by atoms with E-state index in [1.54, 1.807) is 25.3 Å². The van der Waals surface area contributed by atoms with Gasteiger partial charge in [0.15, 0.2) is 11.5 Å². The molecule has 0 bridgehead atoms. The van der Waals surface area contributed by atoms with Crippen LogP contribution in [-0.2, 0) is 0 Å². The minimum absolute atomic E-state index is 0.364. The van der Waals surface area contributed by atoms with Crippen molar-refractivity contribution in [1.29, 1.82) is 0 Å². The highest BCUT2D eigenvalue weighted by atomic mass is 79.9. The number of benzene rings is 1. The molecule has 0 amide bonds. The first kappa shape index (κ1) is 15.2. The second kappa shape index (κ2) is 6.49. The molecule has 0 aliphatic carbocycles. The van der Waals surface area contributed by atoms with Gasteiger partial charge in [-0.25, -0.2) is 9.95 Å². The molecule has 0 saturated carbocycles. The van der Waals surface area contributed by atoms with Gasteiger partial charge < -0.3 is 14.0 Å². The number of H-pyrrole nitrogens is 1. The van der Waals surface area contributed by atoms with Crippen LogP contribution in [0.1, 0.15) is 5.56 Å². The summed E-state index contributed by atoms with van der Waals surface area (Å²) >= 11 is 3.43. The molecule has 0 aliphatic heterocycles. The van der Waals surface area contributed by atoms with E-state index in [9.17, 15) is 4.79 Å². The molecule has 2 aromatic rings. The average molecular weight is 352 g/mol. The van der Waals surface area contributed by atoms with Crippen LogP contribution in [0.3, 0.4) is 0 Å². The van der Waals surface area contributed by atoms with E-state index < -0.39 is 5.63 Å². The zero-order valence-electron chi connectivity index (χ0n) is 11.4. The number of halogens is 1. The average Bonchev–Trinajstić information content (AvgIpc) is 2.77. The Kier molecular flexibility index (Phi) is 4.70. The van der Waals surface area contributed by atoms with Gasteiger partial charge in [-0.2, -0.15) is 0 Å². The summed E-state index contributed by atoms with van der Waals surface area (Å²) in [6, 6.07) is 3.57. The molecular weight excluding hydrogens is 338 g/mol. The van der Waals surface area contributed by atoms with E-state index in [-0.39, 0.29) is 0 Å². The predicted octanol–water partition coefficient (Wildman–Crippen LogP) is 1.54. The minimum Gasteiger partial charge on any atom is -0.493 e. The van der Waals surface area contributed by atoms with Crippen LogP contribution in [0.5, 0.6) is 11.5 Å². The zero-order valence-corrected chi connectivity index (χ0v) is 13.0. The van der Waals surface area contributed by atoms with Gasteiger partial charge in [0.2, 0.25) is 0 Å². The number of rotatable bonds is 5. The van der Waals surface area contributed by atoms with Gasteiger partial charge in [0.1, 0.15) is 6.61 Å². The Labute approximate surface area is 129 Å². The maximum Gasteiger partial charge on any atom is 0.365 e. The van der Waals surface area contributed by atoms with Gasteiger partial charge in [-0.3, -0.25) is 0 Å². The van der Waals surface area contributed by atoms with Crippen LogP contribution in [0.15, 0.2) is 38.6 Å². The van der Waals surface area contributed by atoms with Crippen LogP contribution in [0, 0.1) is 0 Å². The van der Waals surface area contributed by atoms with Crippen molar-refractivity contribution in [2.45, 2.75) is 0 Å². The van der Waals surface area contributed by atoms with Gasteiger partial charge >= 0.3 is 5.63 Å². The molecule has 0 spiro atoms. The lowest BCUT2D eigenvalue weighted by Crippen LogP contribution is -2.31. The third-order valence-corrected chi connectivity index (χ3v) is 3.31. The summed E-state index contributed by atoms with van der Waals surface area (Å²) < 4.78 is 16.2. The van der Waals surface area contributed by atoms with E-state index in [4.69, 9.17) is 9.47 Å². The Hall–Kier alpha value is -2.21.